The quantitative estimate of drug-likeness (QED) is 0.760. The summed E-state index contributed by atoms with van der Waals surface area (Å²) in [6.45, 7) is 0. The van der Waals surface area contributed by atoms with Gasteiger partial charge in [0.25, 0.3) is 0 Å². The second-order valence-corrected chi connectivity index (χ2v) is 4.13. The summed E-state index contributed by atoms with van der Waals surface area (Å²) in [6.07, 6.45) is 6.01. The van der Waals surface area contributed by atoms with E-state index >= 15 is 0 Å². The molecular formula is C14H9N3O3. The monoisotopic (exact) mass is 267 g/mol. The third-order valence-corrected chi connectivity index (χ3v) is 2.92. The van der Waals surface area contributed by atoms with E-state index in [1.54, 1.807) is 47.4 Å². The molecular weight excluding hydrogens is 258 g/mol. The summed E-state index contributed by atoms with van der Waals surface area (Å²) in [7, 11) is 0. The molecule has 0 saturated carbocycles. The molecule has 3 aromatic heterocycles. The van der Waals surface area contributed by atoms with Gasteiger partial charge in [-0.05, 0) is 24.3 Å². The number of aromatic carboxylic acids is 1. The van der Waals surface area contributed by atoms with Crippen molar-refractivity contribution in [1.82, 2.24) is 14.5 Å². The van der Waals surface area contributed by atoms with Crippen LogP contribution in [0.1, 0.15) is 10.4 Å². The lowest BCUT2D eigenvalue weighted by Crippen LogP contribution is -2.18. The summed E-state index contributed by atoms with van der Waals surface area (Å²) in [5.74, 6) is -1.27. The van der Waals surface area contributed by atoms with E-state index in [0.717, 1.165) is 0 Å². The highest BCUT2D eigenvalue weighted by molar-refractivity contribution is 5.92. The molecule has 6 nitrogen and oxygen atoms in total. The normalized spacial score (nSPS) is 10.6. The van der Waals surface area contributed by atoms with Crippen molar-refractivity contribution in [3.63, 3.8) is 0 Å². The van der Waals surface area contributed by atoms with Crippen LogP contribution in [0.15, 0.2) is 53.8 Å². The molecule has 20 heavy (non-hydrogen) atoms. The van der Waals surface area contributed by atoms with Crippen LogP contribution in [-0.2, 0) is 0 Å². The van der Waals surface area contributed by atoms with Crippen LogP contribution in [0.25, 0.3) is 16.7 Å². The molecule has 0 fully saturated rings. The van der Waals surface area contributed by atoms with Crippen molar-refractivity contribution in [1.29, 1.82) is 0 Å². The van der Waals surface area contributed by atoms with E-state index < -0.39 is 11.4 Å². The number of pyridine rings is 3. The first-order valence-electron chi connectivity index (χ1n) is 5.82. The minimum Gasteiger partial charge on any atom is -0.477 e. The summed E-state index contributed by atoms with van der Waals surface area (Å²) in [4.78, 5) is 31.5. The van der Waals surface area contributed by atoms with Gasteiger partial charge in [0, 0.05) is 18.6 Å². The molecule has 3 aromatic rings. The Morgan fingerprint density at radius 2 is 2.00 bits per heavy atom. The largest absolute Gasteiger partial charge is 0.477 e. The molecule has 0 aromatic carbocycles. The molecule has 0 saturated heterocycles. The lowest BCUT2D eigenvalue weighted by atomic mass is 10.2. The molecule has 0 unspecified atom stereocenters. The van der Waals surface area contributed by atoms with Crippen molar-refractivity contribution < 1.29 is 9.90 Å². The standard InChI is InChI=1S/C14H9N3O3/c18-12-10-4-2-6-16-13(10)17(8-11(12)14(19)20)9-3-1-5-15-7-9/h1-8H,(H,19,20). The molecule has 6 heteroatoms. The highest BCUT2D eigenvalue weighted by Crippen LogP contribution is 2.14. The number of aromatic nitrogens is 3. The van der Waals surface area contributed by atoms with Gasteiger partial charge < -0.3 is 5.11 Å². The van der Waals surface area contributed by atoms with Crippen LogP contribution in [0.5, 0.6) is 0 Å². The van der Waals surface area contributed by atoms with E-state index in [1.807, 2.05) is 0 Å². The van der Waals surface area contributed by atoms with Crippen LogP contribution in [0, 0.1) is 0 Å². The minimum absolute atomic E-state index is 0.260. The Labute approximate surface area is 113 Å². The van der Waals surface area contributed by atoms with Crippen LogP contribution in [0.2, 0.25) is 0 Å². The summed E-state index contributed by atoms with van der Waals surface area (Å²) >= 11 is 0. The summed E-state index contributed by atoms with van der Waals surface area (Å²) < 4.78 is 1.55. The summed E-state index contributed by atoms with van der Waals surface area (Å²) in [5.41, 5.74) is 0.198. The Morgan fingerprint density at radius 3 is 2.70 bits per heavy atom. The van der Waals surface area contributed by atoms with Gasteiger partial charge >= 0.3 is 5.97 Å². The second kappa shape index (κ2) is 4.58. The zero-order chi connectivity index (χ0) is 14.1. The zero-order valence-electron chi connectivity index (χ0n) is 10.2. The zero-order valence-corrected chi connectivity index (χ0v) is 10.2. The first-order valence-corrected chi connectivity index (χ1v) is 5.82. The van der Waals surface area contributed by atoms with E-state index in [1.165, 1.54) is 6.20 Å². The van der Waals surface area contributed by atoms with Crippen LogP contribution in [-0.4, -0.2) is 25.6 Å². The molecule has 0 atom stereocenters. The number of carbonyl (C=O) groups is 1. The Kier molecular flexibility index (Phi) is 2.76. The van der Waals surface area contributed by atoms with Crippen molar-refractivity contribution in [2.24, 2.45) is 0 Å². The fraction of sp³-hybridized carbons (Fsp3) is 0. The molecule has 0 spiro atoms. The summed E-state index contributed by atoms with van der Waals surface area (Å²) in [5, 5.41) is 9.41. The van der Waals surface area contributed by atoms with Crippen molar-refractivity contribution in [2.45, 2.75) is 0 Å². The molecule has 0 aliphatic heterocycles. The molecule has 98 valence electrons. The molecule has 0 amide bonds. The smallest absolute Gasteiger partial charge is 0.341 e. The fourth-order valence-corrected chi connectivity index (χ4v) is 2.01. The van der Waals surface area contributed by atoms with Gasteiger partial charge in [0.1, 0.15) is 11.2 Å². The fourth-order valence-electron chi connectivity index (χ4n) is 2.01. The Balaban J connectivity index is 2.46. The topological polar surface area (TPSA) is 85.1 Å². The van der Waals surface area contributed by atoms with E-state index in [-0.39, 0.29) is 10.9 Å². The molecule has 0 radical (unpaired) electrons. The maximum Gasteiger partial charge on any atom is 0.341 e. The maximum atomic E-state index is 12.1. The van der Waals surface area contributed by atoms with Crippen molar-refractivity contribution in [2.75, 3.05) is 0 Å². The molecule has 0 aliphatic rings. The minimum atomic E-state index is -1.27. The van der Waals surface area contributed by atoms with Gasteiger partial charge in [0.2, 0.25) is 5.43 Å². The van der Waals surface area contributed by atoms with Crippen LogP contribution >= 0.6 is 0 Å². The predicted octanol–water partition coefficient (Wildman–Crippen LogP) is 1.48. The van der Waals surface area contributed by atoms with Crippen LogP contribution in [0.3, 0.4) is 0 Å². The molecule has 3 rings (SSSR count). The number of hydrogen-bond donors (Lipinski definition) is 1. The second-order valence-electron chi connectivity index (χ2n) is 4.13. The van der Waals surface area contributed by atoms with Crippen molar-refractivity contribution in [3.8, 4) is 5.69 Å². The lowest BCUT2D eigenvalue weighted by molar-refractivity contribution is 0.0695. The van der Waals surface area contributed by atoms with Crippen molar-refractivity contribution in [3.05, 3.63) is 64.8 Å². The maximum absolute atomic E-state index is 12.1. The van der Waals surface area contributed by atoms with E-state index in [2.05, 4.69) is 9.97 Å². The molecule has 3 heterocycles. The molecule has 0 bridgehead atoms. The average molecular weight is 267 g/mol. The Morgan fingerprint density at radius 1 is 1.20 bits per heavy atom. The van der Waals surface area contributed by atoms with Gasteiger partial charge in [0.05, 0.1) is 17.3 Å². The predicted molar refractivity (Wildman–Crippen MR) is 72.1 cm³/mol. The van der Waals surface area contributed by atoms with Gasteiger partial charge in [-0.3, -0.25) is 14.3 Å². The number of carboxylic acids is 1. The Bertz CT molecular complexity index is 856. The van der Waals surface area contributed by atoms with Gasteiger partial charge in [0.15, 0.2) is 0 Å². The van der Waals surface area contributed by atoms with Gasteiger partial charge in [-0.25, -0.2) is 9.78 Å². The average Bonchev–Trinajstić information content (AvgIpc) is 2.48. The van der Waals surface area contributed by atoms with E-state index in [4.69, 9.17) is 5.11 Å². The third-order valence-electron chi connectivity index (χ3n) is 2.92. The van der Waals surface area contributed by atoms with Gasteiger partial charge in [-0.2, -0.15) is 0 Å². The lowest BCUT2D eigenvalue weighted by Gasteiger charge is -2.10. The summed E-state index contributed by atoms with van der Waals surface area (Å²) in [6, 6.07) is 6.65. The van der Waals surface area contributed by atoms with Gasteiger partial charge in [-0.15, -0.1) is 0 Å². The molecule has 1 N–H and O–H groups in total. The number of nitrogens with zero attached hydrogens (tertiary/aromatic N) is 3. The number of carboxylic acid groups (broad SMARTS) is 1. The van der Waals surface area contributed by atoms with Gasteiger partial charge in [-0.1, -0.05) is 0 Å². The SMILES string of the molecule is O=C(O)c1cn(-c2cccnc2)c2ncccc2c1=O. The van der Waals surface area contributed by atoms with E-state index in [0.29, 0.717) is 11.3 Å². The highest BCUT2D eigenvalue weighted by atomic mass is 16.4. The number of hydrogen-bond acceptors (Lipinski definition) is 4. The van der Waals surface area contributed by atoms with Crippen LogP contribution < -0.4 is 5.43 Å². The third kappa shape index (κ3) is 1.83. The molecule has 0 aliphatic carbocycles. The number of fused-ring (bicyclic) bond motifs is 1. The number of rotatable bonds is 2. The Hall–Kier alpha value is -3.02. The van der Waals surface area contributed by atoms with E-state index in [9.17, 15) is 9.59 Å². The first-order chi connectivity index (χ1) is 9.68. The first kappa shape index (κ1) is 12.0. The van der Waals surface area contributed by atoms with Crippen LogP contribution in [0.4, 0.5) is 0 Å². The van der Waals surface area contributed by atoms with Crippen molar-refractivity contribution >= 4 is 17.0 Å². The highest BCUT2D eigenvalue weighted by Gasteiger charge is 2.15.